The summed E-state index contributed by atoms with van der Waals surface area (Å²) in [4.78, 5) is 16.1. The summed E-state index contributed by atoms with van der Waals surface area (Å²) >= 11 is 5.78. The first-order valence-electron chi connectivity index (χ1n) is 5.18. The topological polar surface area (TPSA) is 59.3 Å². The number of aromatic nitrogens is 1. The van der Waals surface area contributed by atoms with E-state index in [9.17, 15) is 10.1 Å². The quantitative estimate of drug-likeness (QED) is 0.484. The van der Waals surface area contributed by atoms with Crippen molar-refractivity contribution in [2.24, 2.45) is 0 Å². The second kappa shape index (κ2) is 5.01. The van der Waals surface area contributed by atoms with Gasteiger partial charge in [0.2, 0.25) is 0 Å². The normalized spacial score (nSPS) is 10.1. The first kappa shape index (κ1) is 12.3. The van der Waals surface area contributed by atoms with Gasteiger partial charge in [0.15, 0.2) is 0 Å². The molecule has 2 rings (SSSR count). The number of para-hydroxylation sites is 1. The summed E-state index contributed by atoms with van der Waals surface area (Å²) in [5.41, 5.74) is 0.800. The number of nitro groups is 1. The minimum Gasteiger partial charge on any atom is -0.329 e. The van der Waals surface area contributed by atoms with E-state index in [0.717, 1.165) is 5.69 Å². The highest BCUT2D eigenvalue weighted by Crippen LogP contribution is 2.27. The SMILES string of the molecule is CN(c1ccccc1)c1cc([N+](=O)[O-])cc(Cl)n1. The van der Waals surface area contributed by atoms with Crippen molar-refractivity contribution in [3.63, 3.8) is 0 Å². The molecule has 6 heteroatoms. The summed E-state index contributed by atoms with van der Waals surface area (Å²) in [6, 6.07) is 12.0. The lowest BCUT2D eigenvalue weighted by Crippen LogP contribution is -2.11. The van der Waals surface area contributed by atoms with Crippen LogP contribution in [0.3, 0.4) is 0 Å². The van der Waals surface area contributed by atoms with Crippen LogP contribution in [-0.2, 0) is 0 Å². The van der Waals surface area contributed by atoms with E-state index >= 15 is 0 Å². The Labute approximate surface area is 109 Å². The maximum absolute atomic E-state index is 10.8. The third-order valence-electron chi connectivity index (χ3n) is 2.46. The molecule has 0 atom stereocenters. The van der Waals surface area contributed by atoms with Crippen molar-refractivity contribution in [3.05, 3.63) is 57.7 Å². The number of rotatable bonds is 3. The number of pyridine rings is 1. The molecular formula is C12H10ClN3O2. The molecule has 2 aromatic rings. The fraction of sp³-hybridized carbons (Fsp3) is 0.0833. The van der Waals surface area contributed by atoms with E-state index in [1.54, 1.807) is 11.9 Å². The largest absolute Gasteiger partial charge is 0.329 e. The molecule has 0 bridgehead atoms. The second-order valence-electron chi connectivity index (χ2n) is 3.66. The van der Waals surface area contributed by atoms with Crippen LogP contribution in [0.25, 0.3) is 0 Å². The van der Waals surface area contributed by atoms with Crippen LogP contribution in [0.2, 0.25) is 5.15 Å². The van der Waals surface area contributed by atoms with Gasteiger partial charge in [-0.05, 0) is 12.1 Å². The van der Waals surface area contributed by atoms with Crippen molar-refractivity contribution < 1.29 is 4.92 Å². The van der Waals surface area contributed by atoms with Gasteiger partial charge in [-0.2, -0.15) is 0 Å². The summed E-state index contributed by atoms with van der Waals surface area (Å²) in [6.07, 6.45) is 0. The number of hydrogen-bond acceptors (Lipinski definition) is 4. The minimum atomic E-state index is -0.490. The molecule has 5 nitrogen and oxygen atoms in total. The lowest BCUT2D eigenvalue weighted by molar-refractivity contribution is -0.384. The fourth-order valence-electron chi connectivity index (χ4n) is 1.53. The Balaban J connectivity index is 2.42. The van der Waals surface area contributed by atoms with Crippen molar-refractivity contribution in [2.45, 2.75) is 0 Å². The van der Waals surface area contributed by atoms with Gasteiger partial charge in [-0.1, -0.05) is 29.8 Å². The first-order valence-corrected chi connectivity index (χ1v) is 5.56. The molecule has 0 radical (unpaired) electrons. The van der Waals surface area contributed by atoms with Crippen molar-refractivity contribution in [2.75, 3.05) is 11.9 Å². The van der Waals surface area contributed by atoms with Crippen LogP contribution in [0.4, 0.5) is 17.2 Å². The third kappa shape index (κ3) is 2.57. The molecule has 1 aromatic heterocycles. The molecule has 0 unspecified atom stereocenters. The van der Waals surface area contributed by atoms with Crippen molar-refractivity contribution in [3.8, 4) is 0 Å². The van der Waals surface area contributed by atoms with Gasteiger partial charge in [-0.25, -0.2) is 4.98 Å². The van der Waals surface area contributed by atoms with Gasteiger partial charge in [0.1, 0.15) is 11.0 Å². The molecule has 0 N–H and O–H groups in total. The molecule has 0 saturated heterocycles. The summed E-state index contributed by atoms with van der Waals surface area (Å²) in [6.45, 7) is 0. The molecule has 0 spiro atoms. The second-order valence-corrected chi connectivity index (χ2v) is 4.05. The highest BCUT2D eigenvalue weighted by atomic mass is 35.5. The average Bonchev–Trinajstić information content (AvgIpc) is 2.38. The van der Waals surface area contributed by atoms with E-state index in [4.69, 9.17) is 11.6 Å². The van der Waals surface area contributed by atoms with Gasteiger partial charge < -0.3 is 4.90 Å². The molecule has 0 aliphatic rings. The first-order chi connectivity index (χ1) is 8.58. The predicted octanol–water partition coefficient (Wildman–Crippen LogP) is 3.41. The Morgan fingerprint density at radius 3 is 2.56 bits per heavy atom. The Morgan fingerprint density at radius 2 is 1.94 bits per heavy atom. The highest BCUT2D eigenvalue weighted by molar-refractivity contribution is 6.29. The third-order valence-corrected chi connectivity index (χ3v) is 2.66. The van der Waals surface area contributed by atoms with Gasteiger partial charge in [0.05, 0.1) is 17.1 Å². The summed E-state index contributed by atoms with van der Waals surface area (Å²) in [5, 5.41) is 10.9. The van der Waals surface area contributed by atoms with Crippen LogP contribution < -0.4 is 4.90 Å². The maximum Gasteiger partial charge on any atom is 0.276 e. The molecule has 0 fully saturated rings. The molecule has 1 aromatic carbocycles. The van der Waals surface area contributed by atoms with Crippen molar-refractivity contribution in [1.29, 1.82) is 0 Å². The van der Waals surface area contributed by atoms with E-state index in [1.807, 2.05) is 30.3 Å². The van der Waals surface area contributed by atoms with E-state index in [2.05, 4.69) is 4.98 Å². The Kier molecular flexibility index (Phi) is 3.43. The summed E-state index contributed by atoms with van der Waals surface area (Å²) in [5.74, 6) is 0.431. The van der Waals surface area contributed by atoms with E-state index in [-0.39, 0.29) is 10.8 Å². The molecule has 0 amide bonds. The number of anilines is 2. The lowest BCUT2D eigenvalue weighted by atomic mass is 10.3. The summed E-state index contributed by atoms with van der Waals surface area (Å²) in [7, 11) is 1.78. The van der Waals surface area contributed by atoms with Crippen LogP contribution >= 0.6 is 11.6 Å². The lowest BCUT2D eigenvalue weighted by Gasteiger charge is -2.18. The molecule has 1 heterocycles. The van der Waals surface area contributed by atoms with E-state index in [0.29, 0.717) is 5.82 Å². The van der Waals surface area contributed by atoms with Gasteiger partial charge >= 0.3 is 0 Å². The predicted molar refractivity (Wildman–Crippen MR) is 70.4 cm³/mol. The molecule has 0 aliphatic carbocycles. The number of nitrogens with zero attached hydrogens (tertiary/aromatic N) is 3. The molecule has 0 saturated carbocycles. The monoisotopic (exact) mass is 263 g/mol. The van der Waals surface area contributed by atoms with Crippen molar-refractivity contribution in [1.82, 2.24) is 4.98 Å². The Bertz CT molecular complexity index is 575. The smallest absolute Gasteiger partial charge is 0.276 e. The van der Waals surface area contributed by atoms with Gasteiger partial charge in [0.25, 0.3) is 5.69 Å². The molecule has 92 valence electrons. The van der Waals surface area contributed by atoms with Crippen LogP contribution in [0.1, 0.15) is 0 Å². The average molecular weight is 264 g/mol. The zero-order chi connectivity index (χ0) is 13.1. The van der Waals surface area contributed by atoms with E-state index < -0.39 is 4.92 Å². The van der Waals surface area contributed by atoms with Gasteiger partial charge in [0, 0.05) is 12.7 Å². The Morgan fingerprint density at radius 1 is 1.28 bits per heavy atom. The number of benzene rings is 1. The number of hydrogen-bond donors (Lipinski definition) is 0. The van der Waals surface area contributed by atoms with Crippen molar-refractivity contribution >= 4 is 28.8 Å². The zero-order valence-electron chi connectivity index (χ0n) is 9.58. The Hall–Kier alpha value is -2.14. The van der Waals surface area contributed by atoms with Gasteiger partial charge in [-0.15, -0.1) is 0 Å². The van der Waals surface area contributed by atoms with Gasteiger partial charge in [-0.3, -0.25) is 10.1 Å². The summed E-state index contributed by atoms with van der Waals surface area (Å²) < 4.78 is 0. The fourth-order valence-corrected chi connectivity index (χ4v) is 1.73. The molecule has 0 aliphatic heterocycles. The zero-order valence-corrected chi connectivity index (χ0v) is 10.3. The van der Waals surface area contributed by atoms with Crippen LogP contribution in [0.5, 0.6) is 0 Å². The highest BCUT2D eigenvalue weighted by Gasteiger charge is 2.13. The van der Waals surface area contributed by atoms with Crippen LogP contribution in [-0.4, -0.2) is 17.0 Å². The minimum absolute atomic E-state index is 0.0761. The number of halogens is 1. The van der Waals surface area contributed by atoms with E-state index in [1.165, 1.54) is 12.1 Å². The van der Waals surface area contributed by atoms with Crippen LogP contribution in [0.15, 0.2) is 42.5 Å². The van der Waals surface area contributed by atoms with Crippen LogP contribution in [0, 0.1) is 10.1 Å². The standard InChI is InChI=1S/C12H10ClN3O2/c1-15(9-5-3-2-4-6-9)12-8-10(16(17)18)7-11(13)14-12/h2-8H,1H3. The molecule has 18 heavy (non-hydrogen) atoms. The molecular weight excluding hydrogens is 254 g/mol. The maximum atomic E-state index is 10.8.